The highest BCUT2D eigenvalue weighted by Gasteiger charge is 2.05. The molecule has 5 heteroatoms. The van der Waals surface area contributed by atoms with Crippen LogP contribution in [0.2, 0.25) is 5.02 Å². The van der Waals surface area contributed by atoms with Crippen LogP contribution in [0.25, 0.3) is 5.65 Å². The maximum atomic E-state index is 8.67. The Hall–Kier alpha value is -1.73. The van der Waals surface area contributed by atoms with Crippen LogP contribution in [0.4, 0.5) is 5.82 Å². The van der Waals surface area contributed by atoms with Crippen molar-refractivity contribution in [2.75, 3.05) is 5.73 Å². The van der Waals surface area contributed by atoms with Crippen LogP contribution >= 0.6 is 11.6 Å². The molecule has 4 nitrogen and oxygen atoms in total. The summed E-state index contributed by atoms with van der Waals surface area (Å²) < 4.78 is 1.58. The van der Waals surface area contributed by atoms with Gasteiger partial charge in [0.15, 0.2) is 5.65 Å². The Morgan fingerprint density at radius 1 is 1.62 bits per heavy atom. The number of nitrogens with zero attached hydrogens (tertiary/aromatic N) is 3. The number of hydrogen-bond acceptors (Lipinski definition) is 3. The fourth-order valence-corrected chi connectivity index (χ4v) is 1.38. The Morgan fingerprint density at radius 3 is 3.08 bits per heavy atom. The number of nitrogen functional groups attached to an aromatic ring is 1. The second kappa shape index (κ2) is 2.64. The number of hydrogen-bond donors (Lipinski definition) is 1. The molecule has 0 aliphatic carbocycles. The molecule has 2 rings (SSSR count). The van der Waals surface area contributed by atoms with E-state index in [2.05, 4.69) is 4.98 Å². The van der Waals surface area contributed by atoms with Crippen LogP contribution in [-0.4, -0.2) is 9.38 Å². The Bertz CT molecular complexity index is 509. The number of aromatic nitrogens is 2. The summed E-state index contributed by atoms with van der Waals surface area (Å²) >= 11 is 5.86. The van der Waals surface area contributed by atoms with E-state index in [0.717, 1.165) is 0 Å². The molecule has 0 aliphatic heterocycles. The van der Waals surface area contributed by atoms with Crippen molar-refractivity contribution < 1.29 is 0 Å². The van der Waals surface area contributed by atoms with E-state index in [1.807, 2.05) is 6.07 Å². The highest BCUT2D eigenvalue weighted by Crippen LogP contribution is 2.19. The molecule has 2 aromatic heterocycles. The lowest BCUT2D eigenvalue weighted by atomic mass is 10.3. The minimum Gasteiger partial charge on any atom is -0.383 e. The van der Waals surface area contributed by atoms with Crippen molar-refractivity contribution in [2.24, 2.45) is 0 Å². The first-order valence-electron chi connectivity index (χ1n) is 3.54. The van der Waals surface area contributed by atoms with Crippen LogP contribution in [0.5, 0.6) is 0 Å². The first-order valence-corrected chi connectivity index (χ1v) is 3.92. The Kier molecular flexibility index (Phi) is 1.61. The molecule has 0 aliphatic rings. The van der Waals surface area contributed by atoms with Gasteiger partial charge < -0.3 is 5.73 Å². The van der Waals surface area contributed by atoms with Gasteiger partial charge in [0.25, 0.3) is 0 Å². The van der Waals surface area contributed by atoms with Crippen molar-refractivity contribution in [3.63, 3.8) is 0 Å². The number of nitriles is 1. The van der Waals surface area contributed by atoms with Gasteiger partial charge in [-0.3, -0.25) is 4.40 Å². The topological polar surface area (TPSA) is 67.1 Å². The van der Waals surface area contributed by atoms with Gasteiger partial charge in [-0.15, -0.1) is 0 Å². The monoisotopic (exact) mass is 192 g/mol. The summed E-state index contributed by atoms with van der Waals surface area (Å²) in [6.07, 6.45) is 3.10. The number of rotatable bonds is 0. The largest absolute Gasteiger partial charge is 0.383 e. The van der Waals surface area contributed by atoms with Crippen molar-refractivity contribution in [3.05, 3.63) is 29.0 Å². The van der Waals surface area contributed by atoms with Crippen LogP contribution in [-0.2, 0) is 0 Å². The van der Waals surface area contributed by atoms with Gasteiger partial charge >= 0.3 is 0 Å². The van der Waals surface area contributed by atoms with Gasteiger partial charge in [0.2, 0.25) is 0 Å². The van der Waals surface area contributed by atoms with Gasteiger partial charge in [-0.25, -0.2) is 4.98 Å². The summed E-state index contributed by atoms with van der Waals surface area (Å²) in [7, 11) is 0. The van der Waals surface area contributed by atoms with Crippen LogP contribution in [0.15, 0.2) is 18.5 Å². The normalized spacial score (nSPS) is 10.2. The second-order valence-corrected chi connectivity index (χ2v) is 2.97. The first kappa shape index (κ1) is 7.90. The lowest BCUT2D eigenvalue weighted by molar-refractivity contribution is 1.18. The zero-order valence-corrected chi connectivity index (χ0v) is 7.28. The molecule has 13 heavy (non-hydrogen) atoms. The van der Waals surface area contributed by atoms with Gasteiger partial charge in [-0.2, -0.15) is 5.26 Å². The molecular formula is C8H5ClN4. The Labute approximate surface area is 79.2 Å². The zero-order chi connectivity index (χ0) is 9.42. The summed E-state index contributed by atoms with van der Waals surface area (Å²) in [6, 6.07) is 3.55. The van der Waals surface area contributed by atoms with E-state index in [0.29, 0.717) is 22.1 Å². The molecule has 0 bridgehead atoms. The lowest BCUT2D eigenvalue weighted by Gasteiger charge is -1.98. The van der Waals surface area contributed by atoms with Crippen LogP contribution < -0.4 is 5.73 Å². The van der Waals surface area contributed by atoms with Crippen LogP contribution in [0.1, 0.15) is 5.56 Å². The molecule has 2 N–H and O–H groups in total. The number of anilines is 1. The van der Waals surface area contributed by atoms with Gasteiger partial charge in [-0.1, -0.05) is 11.6 Å². The zero-order valence-electron chi connectivity index (χ0n) is 6.53. The van der Waals surface area contributed by atoms with E-state index < -0.39 is 0 Å². The van der Waals surface area contributed by atoms with E-state index in [4.69, 9.17) is 22.6 Å². The van der Waals surface area contributed by atoms with Crippen LogP contribution in [0, 0.1) is 11.3 Å². The third-order valence-corrected chi connectivity index (χ3v) is 2.00. The van der Waals surface area contributed by atoms with Crippen molar-refractivity contribution in [1.29, 1.82) is 5.26 Å². The predicted molar refractivity (Wildman–Crippen MR) is 49.3 cm³/mol. The number of nitrogens with two attached hydrogens (primary N) is 1. The molecule has 0 saturated heterocycles. The fraction of sp³-hybridized carbons (Fsp3) is 0. The quantitative estimate of drug-likeness (QED) is 0.687. The molecule has 2 aromatic rings. The van der Waals surface area contributed by atoms with E-state index in [-0.39, 0.29) is 0 Å². The number of pyridine rings is 1. The molecule has 0 aromatic carbocycles. The van der Waals surface area contributed by atoms with Crippen molar-refractivity contribution in [3.8, 4) is 6.07 Å². The Balaban J connectivity index is 2.90. The molecule has 0 saturated carbocycles. The summed E-state index contributed by atoms with van der Waals surface area (Å²) in [5.41, 5.74) is 6.63. The maximum Gasteiger partial charge on any atom is 0.157 e. The summed E-state index contributed by atoms with van der Waals surface area (Å²) in [5.74, 6) is 0.467. The SMILES string of the molecule is N#Cc1cc(Cl)c2ncc(N)n2c1. The standard InChI is InChI=1S/C8H5ClN4/c9-6-1-5(2-10)4-13-7(11)3-12-8(6)13/h1,3-4H,11H2. The minimum absolute atomic E-state index is 0.427. The molecule has 2 heterocycles. The molecule has 0 unspecified atom stereocenters. The molecule has 0 atom stereocenters. The molecule has 0 amide bonds. The van der Waals surface area contributed by atoms with Crippen molar-refractivity contribution >= 4 is 23.1 Å². The fourth-order valence-electron chi connectivity index (χ4n) is 1.12. The summed E-state index contributed by atoms with van der Waals surface area (Å²) in [6.45, 7) is 0. The number of fused-ring (bicyclic) bond motifs is 1. The minimum atomic E-state index is 0.427. The number of imidazole rings is 1. The Morgan fingerprint density at radius 2 is 2.38 bits per heavy atom. The second-order valence-electron chi connectivity index (χ2n) is 2.57. The summed E-state index contributed by atoms with van der Waals surface area (Å²) in [4.78, 5) is 3.99. The first-order chi connectivity index (χ1) is 6.22. The molecule has 64 valence electrons. The van der Waals surface area contributed by atoms with Crippen molar-refractivity contribution in [1.82, 2.24) is 9.38 Å². The van der Waals surface area contributed by atoms with E-state index in [1.54, 1.807) is 16.7 Å². The molecular weight excluding hydrogens is 188 g/mol. The smallest absolute Gasteiger partial charge is 0.157 e. The van der Waals surface area contributed by atoms with Gasteiger partial charge in [0, 0.05) is 6.20 Å². The van der Waals surface area contributed by atoms with E-state index in [9.17, 15) is 0 Å². The third-order valence-electron chi connectivity index (χ3n) is 1.72. The average molecular weight is 193 g/mol. The highest BCUT2D eigenvalue weighted by atomic mass is 35.5. The van der Waals surface area contributed by atoms with E-state index in [1.165, 1.54) is 6.20 Å². The molecule has 0 spiro atoms. The third kappa shape index (κ3) is 1.10. The number of halogens is 1. The van der Waals surface area contributed by atoms with Gasteiger partial charge in [0.05, 0.1) is 16.8 Å². The summed E-state index contributed by atoms with van der Waals surface area (Å²) in [5, 5.41) is 9.09. The maximum absolute atomic E-state index is 8.67. The van der Waals surface area contributed by atoms with Crippen molar-refractivity contribution in [2.45, 2.75) is 0 Å². The average Bonchev–Trinajstić information content (AvgIpc) is 2.48. The predicted octanol–water partition coefficient (Wildman–Crippen LogP) is 1.44. The van der Waals surface area contributed by atoms with Gasteiger partial charge in [0.1, 0.15) is 11.9 Å². The lowest BCUT2D eigenvalue weighted by Crippen LogP contribution is -1.93. The molecule has 0 radical (unpaired) electrons. The van der Waals surface area contributed by atoms with E-state index >= 15 is 0 Å². The van der Waals surface area contributed by atoms with Crippen LogP contribution in [0.3, 0.4) is 0 Å². The molecule has 0 fully saturated rings. The van der Waals surface area contributed by atoms with Gasteiger partial charge in [-0.05, 0) is 6.07 Å². The highest BCUT2D eigenvalue weighted by molar-refractivity contribution is 6.33.